The Morgan fingerprint density at radius 1 is 0.931 bits per heavy atom. The van der Waals surface area contributed by atoms with Crippen LogP contribution in [0.3, 0.4) is 0 Å². The van der Waals surface area contributed by atoms with Gasteiger partial charge in [-0.15, -0.1) is 0 Å². The van der Waals surface area contributed by atoms with Crippen LogP contribution in [0.2, 0.25) is 0 Å². The molecule has 6 heteroatoms. The monoisotopic (exact) mass is 391 g/mol. The first-order valence-electron chi connectivity index (χ1n) is 9.20. The molecule has 29 heavy (non-hydrogen) atoms. The molecule has 0 heterocycles. The third kappa shape index (κ3) is 5.65. The maximum Gasteiger partial charge on any atom is 0.253 e. The lowest BCUT2D eigenvalue weighted by Gasteiger charge is -2.18. The minimum Gasteiger partial charge on any atom is -0.376 e. The van der Waals surface area contributed by atoms with Crippen molar-refractivity contribution in [2.24, 2.45) is 0 Å². The number of hydrogen-bond donors (Lipinski definition) is 2. The molecule has 3 aromatic rings. The molecule has 2 N–H and O–H groups in total. The van der Waals surface area contributed by atoms with Crippen LogP contribution < -0.4 is 10.6 Å². The summed E-state index contributed by atoms with van der Waals surface area (Å²) >= 11 is 0. The van der Waals surface area contributed by atoms with Gasteiger partial charge in [-0.1, -0.05) is 48.5 Å². The molecular weight excluding hydrogens is 369 g/mol. The number of para-hydroxylation sites is 1. The van der Waals surface area contributed by atoms with Crippen LogP contribution in [0.15, 0.2) is 78.9 Å². The Morgan fingerprint density at radius 2 is 1.66 bits per heavy atom. The number of hydrogen-bond acceptors (Lipinski definition) is 3. The normalized spacial score (nSPS) is 10.3. The zero-order chi connectivity index (χ0) is 20.6. The molecule has 148 valence electrons. The molecule has 0 atom stereocenters. The third-order valence-corrected chi connectivity index (χ3v) is 4.32. The van der Waals surface area contributed by atoms with Crippen LogP contribution >= 0.6 is 0 Å². The SMILES string of the molecule is CN(Cc1ccccc1)C(=O)c1cccc(NCC(=O)Nc2ccccc2F)c1. The number of halogens is 1. The smallest absolute Gasteiger partial charge is 0.253 e. The second-order valence-electron chi connectivity index (χ2n) is 6.61. The van der Waals surface area contributed by atoms with Gasteiger partial charge in [0.05, 0.1) is 12.2 Å². The zero-order valence-corrected chi connectivity index (χ0v) is 16.1. The second kappa shape index (κ2) is 9.50. The van der Waals surface area contributed by atoms with E-state index in [4.69, 9.17) is 0 Å². The molecule has 0 saturated carbocycles. The Hall–Kier alpha value is -3.67. The van der Waals surface area contributed by atoms with Gasteiger partial charge in [-0.2, -0.15) is 0 Å². The van der Waals surface area contributed by atoms with Gasteiger partial charge >= 0.3 is 0 Å². The molecule has 0 saturated heterocycles. The predicted molar refractivity (Wildman–Crippen MR) is 112 cm³/mol. The Labute approximate surface area is 169 Å². The minimum atomic E-state index is -0.491. The Balaban J connectivity index is 1.58. The number of nitrogens with one attached hydrogen (secondary N) is 2. The second-order valence-corrected chi connectivity index (χ2v) is 6.61. The van der Waals surface area contributed by atoms with Crippen LogP contribution in [0.25, 0.3) is 0 Å². The first-order chi connectivity index (χ1) is 14.0. The largest absolute Gasteiger partial charge is 0.376 e. The van der Waals surface area contributed by atoms with Crippen molar-refractivity contribution in [3.8, 4) is 0 Å². The molecule has 0 bridgehead atoms. The van der Waals surface area contributed by atoms with E-state index in [1.54, 1.807) is 48.3 Å². The van der Waals surface area contributed by atoms with Gasteiger partial charge in [0.15, 0.2) is 0 Å². The summed E-state index contributed by atoms with van der Waals surface area (Å²) in [6.07, 6.45) is 0. The highest BCUT2D eigenvalue weighted by Crippen LogP contribution is 2.15. The molecule has 0 aromatic heterocycles. The maximum absolute atomic E-state index is 13.6. The van der Waals surface area contributed by atoms with Crippen molar-refractivity contribution in [3.05, 3.63) is 95.8 Å². The highest BCUT2D eigenvalue weighted by molar-refractivity contribution is 5.96. The highest BCUT2D eigenvalue weighted by atomic mass is 19.1. The fourth-order valence-electron chi connectivity index (χ4n) is 2.85. The molecule has 5 nitrogen and oxygen atoms in total. The summed E-state index contributed by atoms with van der Waals surface area (Å²) < 4.78 is 13.6. The minimum absolute atomic E-state index is 0.0498. The quantitative estimate of drug-likeness (QED) is 0.636. The van der Waals surface area contributed by atoms with Gasteiger partial charge in [-0.05, 0) is 35.9 Å². The predicted octanol–water partition coefficient (Wildman–Crippen LogP) is 4.15. The number of carbonyl (C=O) groups is 2. The highest BCUT2D eigenvalue weighted by Gasteiger charge is 2.13. The maximum atomic E-state index is 13.6. The Kier molecular flexibility index (Phi) is 6.58. The molecule has 2 amide bonds. The zero-order valence-electron chi connectivity index (χ0n) is 16.1. The van der Waals surface area contributed by atoms with E-state index in [0.29, 0.717) is 17.8 Å². The lowest BCUT2D eigenvalue weighted by molar-refractivity contribution is -0.114. The van der Waals surface area contributed by atoms with Gasteiger partial charge in [-0.3, -0.25) is 9.59 Å². The van der Waals surface area contributed by atoms with Gasteiger partial charge in [0.25, 0.3) is 5.91 Å². The fraction of sp³-hybridized carbons (Fsp3) is 0.130. The van der Waals surface area contributed by atoms with E-state index in [1.807, 2.05) is 30.3 Å². The average molecular weight is 391 g/mol. The van der Waals surface area contributed by atoms with Crippen LogP contribution in [0, 0.1) is 5.82 Å². The summed E-state index contributed by atoms with van der Waals surface area (Å²) in [5.74, 6) is -0.990. The molecule has 0 fully saturated rings. The summed E-state index contributed by atoms with van der Waals surface area (Å²) in [7, 11) is 1.75. The number of amides is 2. The lowest BCUT2D eigenvalue weighted by atomic mass is 10.1. The molecular formula is C23H22FN3O2. The van der Waals surface area contributed by atoms with Gasteiger partial charge in [0, 0.05) is 24.8 Å². The molecule has 0 spiro atoms. The first kappa shape index (κ1) is 20.1. The van der Waals surface area contributed by atoms with Crippen molar-refractivity contribution < 1.29 is 14.0 Å². The van der Waals surface area contributed by atoms with Gasteiger partial charge in [0.1, 0.15) is 5.82 Å². The summed E-state index contributed by atoms with van der Waals surface area (Å²) in [5, 5.41) is 5.47. The van der Waals surface area contributed by atoms with Crippen LogP contribution in [0.1, 0.15) is 15.9 Å². The van der Waals surface area contributed by atoms with E-state index in [1.165, 1.54) is 12.1 Å². The van der Waals surface area contributed by atoms with Crippen molar-refractivity contribution in [3.63, 3.8) is 0 Å². The van der Waals surface area contributed by atoms with Crippen molar-refractivity contribution in [1.29, 1.82) is 0 Å². The molecule has 0 aliphatic carbocycles. The molecule has 0 radical (unpaired) electrons. The van der Waals surface area contributed by atoms with E-state index in [9.17, 15) is 14.0 Å². The van der Waals surface area contributed by atoms with E-state index in [-0.39, 0.29) is 24.0 Å². The van der Waals surface area contributed by atoms with E-state index in [2.05, 4.69) is 10.6 Å². The van der Waals surface area contributed by atoms with Gasteiger partial charge in [0.2, 0.25) is 5.91 Å². The van der Waals surface area contributed by atoms with Gasteiger partial charge < -0.3 is 15.5 Å². The van der Waals surface area contributed by atoms with Crippen LogP contribution in [-0.2, 0) is 11.3 Å². The summed E-state index contributed by atoms with van der Waals surface area (Å²) in [4.78, 5) is 26.4. The topological polar surface area (TPSA) is 61.4 Å². The first-order valence-corrected chi connectivity index (χ1v) is 9.20. The third-order valence-electron chi connectivity index (χ3n) is 4.32. The molecule has 3 aromatic carbocycles. The lowest BCUT2D eigenvalue weighted by Crippen LogP contribution is -2.26. The molecule has 0 aliphatic rings. The Bertz CT molecular complexity index is 992. The van der Waals surface area contributed by atoms with E-state index in [0.717, 1.165) is 5.56 Å². The number of anilines is 2. The molecule has 0 aliphatic heterocycles. The summed E-state index contributed by atoms with van der Waals surface area (Å²) in [6, 6.07) is 22.7. The van der Waals surface area contributed by atoms with Gasteiger partial charge in [-0.25, -0.2) is 4.39 Å². The van der Waals surface area contributed by atoms with Crippen LogP contribution in [0.5, 0.6) is 0 Å². The van der Waals surface area contributed by atoms with Crippen molar-refractivity contribution >= 4 is 23.2 Å². The Morgan fingerprint density at radius 3 is 2.41 bits per heavy atom. The summed E-state index contributed by atoms with van der Waals surface area (Å²) in [5.41, 5.74) is 2.32. The number of rotatable bonds is 7. The fourth-order valence-corrected chi connectivity index (χ4v) is 2.85. The molecule has 0 unspecified atom stereocenters. The van der Waals surface area contributed by atoms with E-state index < -0.39 is 5.82 Å². The molecule has 3 rings (SSSR count). The van der Waals surface area contributed by atoms with E-state index >= 15 is 0 Å². The van der Waals surface area contributed by atoms with Crippen molar-refractivity contribution in [1.82, 2.24) is 4.90 Å². The standard InChI is InChI=1S/C23H22FN3O2/c1-27(16-17-8-3-2-4-9-17)23(29)18-10-7-11-19(14-18)25-15-22(28)26-21-13-6-5-12-20(21)24/h2-14,25H,15-16H2,1H3,(H,26,28). The van der Waals surface area contributed by atoms with Crippen LogP contribution in [0.4, 0.5) is 15.8 Å². The van der Waals surface area contributed by atoms with Crippen molar-refractivity contribution in [2.45, 2.75) is 6.54 Å². The number of nitrogens with zero attached hydrogens (tertiary/aromatic N) is 1. The summed E-state index contributed by atoms with van der Waals surface area (Å²) in [6.45, 7) is 0.453. The number of carbonyl (C=O) groups excluding carboxylic acids is 2. The number of benzene rings is 3. The van der Waals surface area contributed by atoms with Crippen LogP contribution in [-0.4, -0.2) is 30.3 Å². The van der Waals surface area contributed by atoms with Crippen molar-refractivity contribution in [2.75, 3.05) is 24.2 Å². The average Bonchev–Trinajstić information content (AvgIpc) is 2.74.